The first-order chi connectivity index (χ1) is 58.4. The van der Waals surface area contributed by atoms with Crippen LogP contribution in [0.4, 0.5) is 0 Å². The molecule has 5 amide bonds. The van der Waals surface area contributed by atoms with E-state index in [0.717, 1.165) is 122 Å². The molecule has 1 unspecified atom stereocenters. The number of hydrogen-bond acceptors (Lipinski definition) is 15. The molecule has 18 rings (SSSR count). The Balaban J connectivity index is 0.000000137. The number of fused-ring (bicyclic) bond motifs is 15. The highest BCUT2D eigenvalue weighted by molar-refractivity contribution is 7.90. The van der Waals surface area contributed by atoms with Crippen molar-refractivity contribution in [1.82, 2.24) is 37.8 Å². The fourth-order valence-corrected chi connectivity index (χ4v) is 20.4. The number of amides is 5. The summed E-state index contributed by atoms with van der Waals surface area (Å²) in [4.78, 5) is 84.8. The number of rotatable bonds is 14. The second kappa shape index (κ2) is 37.3. The van der Waals surface area contributed by atoms with Crippen LogP contribution in [0, 0.1) is 5.92 Å². The minimum atomic E-state index is -3.70. The predicted octanol–water partition coefficient (Wildman–Crippen LogP) is 13.8. The number of morpholine rings is 3. The molecule has 121 heavy (non-hydrogen) atoms. The zero-order valence-corrected chi connectivity index (χ0v) is 71.6. The summed E-state index contributed by atoms with van der Waals surface area (Å²) >= 11 is 0. The SMILES string of the molecule is CCS(=O)(=O)NC(=O)c1ccc2c(C3CCCCC3)c3n(c2c1)CC(C(=O)N1CCOCC1)=Cc1ccccc1-3.CCS(=O)(=O)NC(=O)c1ccc2c(C3CCCCC3)c3n(c2c1)CC(C(=O)N1CCOCC1)Cc1ccccc1-3.CCS(N)(=O)=O.O=C(O)c1ccc2c(C3CCCCC3)c3n(c2c1)CC(C(=O)N1CCOCC1)=Cc1ccccc1-3. The number of nitrogens with zero attached hydrogens (tertiary/aromatic N) is 6. The van der Waals surface area contributed by atoms with Gasteiger partial charge in [0.2, 0.25) is 36.0 Å². The summed E-state index contributed by atoms with van der Waals surface area (Å²) in [6.07, 6.45) is 22.3. The molecular formula is C93H109N9O16S3. The van der Waals surface area contributed by atoms with Crippen LogP contribution < -0.4 is 14.6 Å². The number of aromatic nitrogens is 3. The average Bonchev–Trinajstić information content (AvgIpc) is 1.59. The number of nitrogens with two attached hydrogens (primary N) is 1. The third-order valence-electron chi connectivity index (χ3n) is 25.5. The Labute approximate surface area is 707 Å². The van der Waals surface area contributed by atoms with Gasteiger partial charge in [0.1, 0.15) is 0 Å². The number of aromatic carboxylic acids is 1. The first-order valence-electron chi connectivity index (χ1n) is 43.0. The third kappa shape index (κ3) is 18.8. The van der Waals surface area contributed by atoms with Crippen LogP contribution in [0.25, 0.3) is 78.6 Å². The normalized spacial score (nSPS) is 18.5. The summed E-state index contributed by atoms with van der Waals surface area (Å²) in [6, 6.07) is 41.4. The zero-order valence-electron chi connectivity index (χ0n) is 69.2. The van der Waals surface area contributed by atoms with Gasteiger partial charge in [-0.25, -0.2) is 44.6 Å². The average molecular weight is 1710 g/mol. The Morgan fingerprint density at radius 2 is 0.777 bits per heavy atom. The maximum absolute atomic E-state index is 13.9. The van der Waals surface area contributed by atoms with E-state index in [1.54, 1.807) is 30.3 Å². The van der Waals surface area contributed by atoms with Gasteiger partial charge in [0.05, 0.1) is 98.6 Å². The third-order valence-corrected chi connectivity index (χ3v) is 28.8. The molecular weight excluding hydrogens is 1600 g/mol. The van der Waals surface area contributed by atoms with E-state index in [2.05, 4.69) is 76.8 Å². The van der Waals surface area contributed by atoms with Crippen molar-refractivity contribution >= 4 is 110 Å². The molecule has 9 heterocycles. The highest BCUT2D eigenvalue weighted by Gasteiger charge is 2.38. The molecule has 3 aromatic heterocycles. The van der Waals surface area contributed by atoms with E-state index in [1.165, 1.54) is 101 Å². The van der Waals surface area contributed by atoms with Crippen LogP contribution in [0.15, 0.2) is 139 Å². The molecule has 9 aromatic rings. The topological polar surface area (TPSA) is 327 Å². The van der Waals surface area contributed by atoms with Crippen LogP contribution >= 0.6 is 0 Å². The minimum Gasteiger partial charge on any atom is -0.478 e. The number of sulfonamides is 3. The zero-order chi connectivity index (χ0) is 84.9. The smallest absolute Gasteiger partial charge is 0.335 e. The summed E-state index contributed by atoms with van der Waals surface area (Å²) in [7, 11) is -10.6. The summed E-state index contributed by atoms with van der Waals surface area (Å²) < 4.78 is 95.6. The van der Waals surface area contributed by atoms with E-state index in [1.807, 2.05) is 75.4 Å². The first kappa shape index (κ1) is 85.9. The second-order valence-corrected chi connectivity index (χ2v) is 38.9. The number of carboxylic acids is 1. The Morgan fingerprint density at radius 3 is 1.17 bits per heavy atom. The highest BCUT2D eigenvalue weighted by atomic mass is 32.2. The van der Waals surface area contributed by atoms with Crippen molar-refractivity contribution in [2.75, 3.05) is 96.2 Å². The number of carbonyl (C=O) groups is 6. The Kier molecular flexibility index (Phi) is 26.5. The molecule has 0 radical (unpaired) electrons. The van der Waals surface area contributed by atoms with E-state index in [0.29, 0.717) is 134 Å². The van der Waals surface area contributed by atoms with Gasteiger partial charge in [-0.05, 0) is 165 Å². The van der Waals surface area contributed by atoms with Crippen LogP contribution in [0.5, 0.6) is 0 Å². The Hall–Kier alpha value is -10.1. The van der Waals surface area contributed by atoms with Crippen molar-refractivity contribution in [3.05, 3.63) is 189 Å². The molecule has 0 spiro atoms. The molecule has 1 atom stereocenters. The molecule has 6 fully saturated rings. The van der Waals surface area contributed by atoms with Crippen molar-refractivity contribution in [3.8, 4) is 33.8 Å². The van der Waals surface area contributed by atoms with Gasteiger partial charge in [0.25, 0.3) is 23.6 Å². The molecule has 0 bridgehead atoms. The lowest BCUT2D eigenvalue weighted by Gasteiger charge is -2.30. The van der Waals surface area contributed by atoms with Gasteiger partial charge in [-0.2, -0.15) is 0 Å². The number of carboxylic acid groups (broad SMARTS) is 1. The Bertz CT molecular complexity index is 5870. The van der Waals surface area contributed by atoms with E-state index in [4.69, 9.17) is 14.2 Å². The summed E-state index contributed by atoms with van der Waals surface area (Å²) in [5, 5.41) is 17.5. The van der Waals surface area contributed by atoms with Crippen molar-refractivity contribution in [1.29, 1.82) is 0 Å². The molecule has 640 valence electrons. The van der Waals surface area contributed by atoms with E-state index in [-0.39, 0.29) is 52.0 Å². The van der Waals surface area contributed by atoms with Crippen LogP contribution in [-0.4, -0.2) is 190 Å². The van der Waals surface area contributed by atoms with Gasteiger partial charge in [-0.1, -0.05) is 149 Å². The summed E-state index contributed by atoms with van der Waals surface area (Å²) in [5.74, 6) is -1.43. The van der Waals surface area contributed by atoms with Gasteiger partial charge in [0, 0.05) is 117 Å². The monoisotopic (exact) mass is 1700 g/mol. The highest BCUT2D eigenvalue weighted by Crippen LogP contribution is 2.51. The van der Waals surface area contributed by atoms with E-state index >= 15 is 0 Å². The lowest BCUT2D eigenvalue weighted by Crippen LogP contribution is -2.45. The molecule has 3 saturated carbocycles. The van der Waals surface area contributed by atoms with Gasteiger partial charge in [-0.15, -0.1) is 0 Å². The molecule has 3 aliphatic carbocycles. The number of nitrogens with one attached hydrogen (secondary N) is 2. The quantitative estimate of drug-likeness (QED) is 0.0786. The lowest BCUT2D eigenvalue weighted by molar-refractivity contribution is -0.140. The number of carbonyl (C=O) groups excluding carboxylic acids is 5. The van der Waals surface area contributed by atoms with Crippen LogP contribution in [0.1, 0.15) is 199 Å². The van der Waals surface area contributed by atoms with Crippen LogP contribution in [0.2, 0.25) is 0 Å². The largest absolute Gasteiger partial charge is 0.478 e. The summed E-state index contributed by atoms with van der Waals surface area (Å²) in [6.45, 7) is 12.5. The molecule has 25 nitrogen and oxygen atoms in total. The maximum atomic E-state index is 13.9. The van der Waals surface area contributed by atoms with Gasteiger partial charge in [0.15, 0.2) is 0 Å². The molecule has 6 aliphatic heterocycles. The molecule has 6 aromatic carbocycles. The minimum absolute atomic E-state index is 0.00467. The fraction of sp³-hybridized carbons (Fsp3) is 0.441. The number of ether oxygens (including phenoxy) is 3. The van der Waals surface area contributed by atoms with Crippen molar-refractivity contribution in [2.24, 2.45) is 11.1 Å². The van der Waals surface area contributed by atoms with Gasteiger partial charge >= 0.3 is 5.97 Å². The van der Waals surface area contributed by atoms with Crippen molar-refractivity contribution < 1.29 is 73.3 Å². The van der Waals surface area contributed by atoms with Crippen molar-refractivity contribution in [2.45, 2.75) is 161 Å². The molecule has 28 heteroatoms. The Morgan fingerprint density at radius 1 is 0.430 bits per heavy atom. The predicted molar refractivity (Wildman–Crippen MR) is 469 cm³/mol. The molecule has 9 aliphatic rings. The number of primary sulfonamides is 1. The van der Waals surface area contributed by atoms with E-state index in [9.17, 15) is 59.1 Å². The number of benzene rings is 6. The second-order valence-electron chi connectivity index (χ2n) is 33.0. The van der Waals surface area contributed by atoms with Gasteiger partial charge in [-0.3, -0.25) is 24.0 Å². The standard InChI is InChI=1S/C31H37N3O5S.C31H35N3O5S.C29H30N2O4.C2H7NO2S/c2*1-2-40(37,38)32-30(35)23-12-13-26-27(19-23)34-20-24(31(36)33-14-16-39-17-15-33)18-22-10-6-7-11-25(22)29(34)28(26)21-8-4-3-5-9-21;32-28(30-12-14-35-15-13-30)22-16-20-8-4-5-9-23(20)27-26(19-6-2-1-3-7-19)24-11-10-21(29(33)34)17-25(24)31(27)18-22;1-2-6(3,4)5/h6-7,10-13,19,21,24H,2-5,8-9,14-18,20H2,1H3,(H,32,35);6-7,10-13,18-19,21H,2-5,8-9,14-17,20H2,1H3,(H,32,35);4-5,8-11,16-17,19H,1-3,6-7,12-15,18H2,(H,33,34);2H2,1H3,(H2,3,4,5). The van der Waals surface area contributed by atoms with Crippen molar-refractivity contribution in [3.63, 3.8) is 0 Å². The number of hydrogen-bond donors (Lipinski definition) is 4. The molecule has 5 N–H and O–H groups in total. The van der Waals surface area contributed by atoms with Crippen LogP contribution in [0.3, 0.4) is 0 Å². The fourth-order valence-electron chi connectivity index (χ4n) is 19.3. The van der Waals surface area contributed by atoms with E-state index < -0.39 is 47.9 Å². The van der Waals surface area contributed by atoms with Gasteiger partial charge < -0.3 is 47.7 Å². The van der Waals surface area contributed by atoms with Crippen LogP contribution in [-0.2, 0) is 84.7 Å². The molecule has 3 saturated heterocycles. The lowest BCUT2D eigenvalue weighted by atomic mass is 9.81. The maximum Gasteiger partial charge on any atom is 0.335 e. The first-order valence-corrected chi connectivity index (χ1v) is 48.0. The summed E-state index contributed by atoms with van der Waals surface area (Å²) in [5.41, 5.74) is 18.7.